The van der Waals surface area contributed by atoms with E-state index in [1.807, 2.05) is 42.5 Å². The van der Waals surface area contributed by atoms with E-state index in [1.54, 1.807) is 13.1 Å². The molecular weight excluding hydrogens is 368 g/mol. The molecule has 7 heteroatoms. The Bertz CT molecular complexity index is 1030. The lowest BCUT2D eigenvalue weighted by molar-refractivity contribution is 0.102. The SMILES string of the molecule is CCc1ccc(NC(=O)c2cnc(NCc3ccc4c(c3)OCO4)nc2C)cc1. The van der Waals surface area contributed by atoms with E-state index < -0.39 is 0 Å². The van der Waals surface area contributed by atoms with Crippen molar-refractivity contribution in [3.8, 4) is 11.5 Å². The number of anilines is 2. The summed E-state index contributed by atoms with van der Waals surface area (Å²) in [7, 11) is 0. The largest absolute Gasteiger partial charge is 0.454 e. The lowest BCUT2D eigenvalue weighted by atomic mass is 10.1. The number of aryl methyl sites for hydroxylation is 2. The first-order valence-corrected chi connectivity index (χ1v) is 9.48. The quantitative estimate of drug-likeness (QED) is 0.663. The van der Waals surface area contributed by atoms with Crippen LogP contribution in [0.15, 0.2) is 48.7 Å². The van der Waals surface area contributed by atoms with Gasteiger partial charge >= 0.3 is 0 Å². The molecule has 4 rings (SSSR count). The Hall–Kier alpha value is -3.61. The Kier molecular flexibility index (Phi) is 5.29. The van der Waals surface area contributed by atoms with E-state index in [0.29, 0.717) is 23.8 Å². The second kappa shape index (κ2) is 8.18. The second-order valence-corrected chi connectivity index (χ2v) is 6.74. The molecule has 2 aromatic carbocycles. The van der Waals surface area contributed by atoms with Gasteiger partial charge in [0.25, 0.3) is 5.91 Å². The van der Waals surface area contributed by atoms with Crippen LogP contribution in [0.4, 0.5) is 11.6 Å². The standard InChI is InChI=1S/C22H22N4O3/c1-3-15-4-7-17(8-5-15)26-21(27)18-12-24-22(25-14(18)2)23-11-16-6-9-19-20(10-16)29-13-28-19/h4-10,12H,3,11,13H2,1-2H3,(H,26,27)(H,23,24,25). The van der Waals surface area contributed by atoms with E-state index >= 15 is 0 Å². The van der Waals surface area contributed by atoms with Crippen LogP contribution >= 0.6 is 0 Å². The van der Waals surface area contributed by atoms with Crippen LogP contribution in [0, 0.1) is 6.92 Å². The van der Waals surface area contributed by atoms with Gasteiger partial charge in [-0.15, -0.1) is 0 Å². The molecule has 0 saturated carbocycles. The highest BCUT2D eigenvalue weighted by Gasteiger charge is 2.14. The van der Waals surface area contributed by atoms with Crippen molar-refractivity contribution in [3.05, 3.63) is 71.0 Å². The lowest BCUT2D eigenvalue weighted by Gasteiger charge is -2.10. The monoisotopic (exact) mass is 390 g/mol. The predicted octanol–water partition coefficient (Wildman–Crippen LogP) is 3.94. The van der Waals surface area contributed by atoms with Crippen molar-refractivity contribution in [3.63, 3.8) is 0 Å². The number of amides is 1. The molecule has 0 bridgehead atoms. The number of benzene rings is 2. The van der Waals surface area contributed by atoms with Gasteiger partial charge in [-0.1, -0.05) is 25.1 Å². The normalized spacial score (nSPS) is 11.9. The summed E-state index contributed by atoms with van der Waals surface area (Å²) in [5.74, 6) is 1.72. The smallest absolute Gasteiger partial charge is 0.259 e. The molecule has 7 nitrogen and oxygen atoms in total. The van der Waals surface area contributed by atoms with Gasteiger partial charge in [0.15, 0.2) is 11.5 Å². The third kappa shape index (κ3) is 4.29. The van der Waals surface area contributed by atoms with Crippen LogP contribution in [0.1, 0.15) is 34.1 Å². The third-order valence-electron chi connectivity index (χ3n) is 4.73. The maximum absolute atomic E-state index is 12.6. The molecular formula is C22H22N4O3. The first-order valence-electron chi connectivity index (χ1n) is 9.48. The van der Waals surface area contributed by atoms with Gasteiger partial charge in [0.05, 0.1) is 11.3 Å². The Morgan fingerprint density at radius 1 is 1.07 bits per heavy atom. The zero-order valence-corrected chi connectivity index (χ0v) is 16.4. The topological polar surface area (TPSA) is 85.4 Å². The van der Waals surface area contributed by atoms with Crippen LogP contribution in [0.3, 0.4) is 0 Å². The summed E-state index contributed by atoms with van der Waals surface area (Å²) >= 11 is 0. The van der Waals surface area contributed by atoms with Crippen LogP contribution in [-0.4, -0.2) is 22.7 Å². The molecule has 29 heavy (non-hydrogen) atoms. The predicted molar refractivity (Wildman–Crippen MR) is 110 cm³/mol. The van der Waals surface area contributed by atoms with Gasteiger partial charge in [0.2, 0.25) is 12.7 Å². The summed E-state index contributed by atoms with van der Waals surface area (Å²) in [5, 5.41) is 6.06. The molecule has 0 atom stereocenters. The maximum atomic E-state index is 12.6. The Morgan fingerprint density at radius 3 is 2.59 bits per heavy atom. The summed E-state index contributed by atoms with van der Waals surface area (Å²) in [5.41, 5.74) is 4.04. The van der Waals surface area contributed by atoms with Crippen molar-refractivity contribution in [2.24, 2.45) is 0 Å². The number of hydrogen-bond donors (Lipinski definition) is 2. The van der Waals surface area contributed by atoms with Gasteiger partial charge in [-0.2, -0.15) is 0 Å². The number of nitrogens with zero attached hydrogens (tertiary/aromatic N) is 2. The summed E-state index contributed by atoms with van der Waals surface area (Å²) in [6.45, 7) is 4.67. The van der Waals surface area contributed by atoms with Gasteiger partial charge in [-0.3, -0.25) is 4.79 Å². The van der Waals surface area contributed by atoms with E-state index in [2.05, 4.69) is 27.5 Å². The highest BCUT2D eigenvalue weighted by atomic mass is 16.7. The second-order valence-electron chi connectivity index (χ2n) is 6.74. The van der Waals surface area contributed by atoms with E-state index in [0.717, 1.165) is 29.2 Å². The minimum absolute atomic E-state index is 0.228. The average molecular weight is 390 g/mol. The molecule has 3 aromatic rings. The highest BCUT2D eigenvalue weighted by Crippen LogP contribution is 2.32. The molecule has 1 aliphatic rings. The van der Waals surface area contributed by atoms with Crippen LogP contribution in [0.2, 0.25) is 0 Å². The van der Waals surface area contributed by atoms with Gasteiger partial charge in [-0.05, 0) is 48.7 Å². The van der Waals surface area contributed by atoms with Gasteiger partial charge in [-0.25, -0.2) is 9.97 Å². The van der Waals surface area contributed by atoms with E-state index in [4.69, 9.17) is 9.47 Å². The van der Waals surface area contributed by atoms with Gasteiger partial charge in [0.1, 0.15) is 0 Å². The Labute approximate surface area is 169 Å². The highest BCUT2D eigenvalue weighted by molar-refractivity contribution is 6.04. The summed E-state index contributed by atoms with van der Waals surface area (Å²) < 4.78 is 10.7. The summed E-state index contributed by atoms with van der Waals surface area (Å²) in [6, 6.07) is 13.6. The molecule has 1 aromatic heterocycles. The molecule has 0 aliphatic carbocycles. The molecule has 0 spiro atoms. The van der Waals surface area contributed by atoms with E-state index in [-0.39, 0.29) is 12.7 Å². The molecule has 0 radical (unpaired) electrons. The van der Waals surface area contributed by atoms with Crippen LogP contribution in [0.5, 0.6) is 11.5 Å². The van der Waals surface area contributed by atoms with Crippen molar-refractivity contribution in [1.29, 1.82) is 0 Å². The van der Waals surface area contributed by atoms with Crippen LogP contribution in [-0.2, 0) is 13.0 Å². The molecule has 2 N–H and O–H groups in total. The molecule has 0 fully saturated rings. The van der Waals surface area contributed by atoms with E-state index in [9.17, 15) is 4.79 Å². The molecule has 2 heterocycles. The fraction of sp³-hybridized carbons (Fsp3) is 0.227. The number of carbonyl (C=O) groups excluding carboxylic acids is 1. The van der Waals surface area contributed by atoms with Crippen molar-refractivity contribution in [1.82, 2.24) is 9.97 Å². The summed E-state index contributed by atoms with van der Waals surface area (Å²) in [6.07, 6.45) is 2.50. The van der Waals surface area contributed by atoms with E-state index in [1.165, 1.54) is 5.56 Å². The van der Waals surface area contributed by atoms with Crippen molar-refractivity contribution < 1.29 is 14.3 Å². The van der Waals surface area contributed by atoms with Crippen LogP contribution < -0.4 is 20.1 Å². The van der Waals surface area contributed by atoms with Gasteiger partial charge in [0, 0.05) is 18.4 Å². The number of ether oxygens (including phenoxy) is 2. The summed E-state index contributed by atoms with van der Waals surface area (Å²) in [4.78, 5) is 21.2. The number of aromatic nitrogens is 2. The first-order chi connectivity index (χ1) is 14.1. The zero-order chi connectivity index (χ0) is 20.2. The average Bonchev–Trinajstić information content (AvgIpc) is 3.20. The Balaban J connectivity index is 1.39. The van der Waals surface area contributed by atoms with Crippen molar-refractivity contribution in [2.45, 2.75) is 26.8 Å². The van der Waals surface area contributed by atoms with Crippen molar-refractivity contribution >= 4 is 17.5 Å². The lowest BCUT2D eigenvalue weighted by Crippen LogP contribution is -2.15. The fourth-order valence-electron chi connectivity index (χ4n) is 3.03. The molecule has 1 amide bonds. The molecule has 148 valence electrons. The fourth-order valence-corrected chi connectivity index (χ4v) is 3.03. The molecule has 0 unspecified atom stereocenters. The Morgan fingerprint density at radius 2 is 1.83 bits per heavy atom. The number of rotatable bonds is 6. The minimum atomic E-state index is -0.228. The maximum Gasteiger partial charge on any atom is 0.259 e. The number of hydrogen-bond acceptors (Lipinski definition) is 6. The van der Waals surface area contributed by atoms with Crippen LogP contribution in [0.25, 0.3) is 0 Å². The zero-order valence-electron chi connectivity index (χ0n) is 16.4. The first kappa shape index (κ1) is 18.7. The third-order valence-corrected chi connectivity index (χ3v) is 4.73. The number of fused-ring (bicyclic) bond motifs is 1. The molecule has 0 saturated heterocycles. The molecule has 1 aliphatic heterocycles. The number of carbonyl (C=O) groups is 1. The minimum Gasteiger partial charge on any atom is -0.454 e. The number of nitrogens with one attached hydrogen (secondary N) is 2. The van der Waals surface area contributed by atoms with Crippen molar-refractivity contribution in [2.75, 3.05) is 17.4 Å². The van der Waals surface area contributed by atoms with Gasteiger partial charge < -0.3 is 20.1 Å².